The molecule has 0 aliphatic rings. The summed E-state index contributed by atoms with van der Waals surface area (Å²) in [5, 5.41) is 9.42. The molecule has 0 radical (unpaired) electrons. The molecule has 0 fully saturated rings. The Morgan fingerprint density at radius 2 is 1.80 bits per heavy atom. The van der Waals surface area contributed by atoms with Crippen LogP contribution in [0, 0.1) is 13.8 Å². The molecule has 1 rings (SSSR count). The lowest BCUT2D eigenvalue weighted by molar-refractivity contribution is 0.195. The molecule has 0 saturated heterocycles. The van der Waals surface area contributed by atoms with Gasteiger partial charge in [-0.3, -0.25) is 0 Å². The van der Waals surface area contributed by atoms with Gasteiger partial charge in [0.25, 0.3) is 0 Å². The number of aliphatic hydroxyl groups is 1. The maximum Gasteiger partial charge on any atom is 0.0628 e. The van der Waals surface area contributed by atoms with Crippen molar-refractivity contribution in [3.63, 3.8) is 0 Å². The minimum Gasteiger partial charge on any atom is -0.392 e. The first-order chi connectivity index (χ1) is 7.11. The first-order valence-corrected chi connectivity index (χ1v) is 6.60. The van der Waals surface area contributed by atoms with E-state index in [9.17, 15) is 5.11 Å². The van der Waals surface area contributed by atoms with Crippen LogP contribution in [0.15, 0.2) is 18.2 Å². The van der Waals surface area contributed by atoms with Gasteiger partial charge in [-0.05, 0) is 25.8 Å². The van der Waals surface area contributed by atoms with Gasteiger partial charge in [-0.1, -0.05) is 36.2 Å². The monoisotopic (exact) mass is 224 g/mol. The van der Waals surface area contributed by atoms with E-state index in [-0.39, 0.29) is 6.10 Å². The third-order valence-corrected chi connectivity index (χ3v) is 3.49. The first-order valence-electron chi connectivity index (χ1n) is 5.44. The molecule has 0 heterocycles. The molecule has 0 bridgehead atoms. The van der Waals surface area contributed by atoms with E-state index in [0.717, 1.165) is 17.9 Å². The van der Waals surface area contributed by atoms with Gasteiger partial charge >= 0.3 is 0 Å². The van der Waals surface area contributed by atoms with Gasteiger partial charge in [0.2, 0.25) is 0 Å². The Morgan fingerprint density at radius 3 is 2.33 bits per heavy atom. The highest BCUT2D eigenvalue weighted by Gasteiger charge is 2.01. The maximum atomic E-state index is 9.42. The fourth-order valence-electron chi connectivity index (χ4n) is 1.58. The Bertz CT molecular complexity index is 289. The molecule has 84 valence electrons. The van der Waals surface area contributed by atoms with Gasteiger partial charge in [0.1, 0.15) is 0 Å². The van der Waals surface area contributed by atoms with E-state index in [1.54, 1.807) is 11.8 Å². The summed E-state index contributed by atoms with van der Waals surface area (Å²) in [6, 6.07) is 6.63. The summed E-state index contributed by atoms with van der Waals surface area (Å²) in [6.07, 6.45) is 0.695. The van der Waals surface area contributed by atoms with E-state index in [1.807, 2.05) is 6.92 Å². The Labute approximate surface area is 96.9 Å². The Kier molecular flexibility index (Phi) is 5.20. The number of benzene rings is 1. The average Bonchev–Trinajstić information content (AvgIpc) is 2.16. The van der Waals surface area contributed by atoms with Crippen molar-refractivity contribution >= 4 is 11.8 Å². The topological polar surface area (TPSA) is 20.2 Å². The van der Waals surface area contributed by atoms with E-state index >= 15 is 0 Å². The fourth-order valence-corrected chi connectivity index (χ4v) is 2.61. The van der Waals surface area contributed by atoms with Crippen molar-refractivity contribution in [2.24, 2.45) is 0 Å². The number of thioether (sulfide) groups is 1. The Balaban J connectivity index is 2.43. The van der Waals surface area contributed by atoms with Crippen LogP contribution in [-0.4, -0.2) is 17.0 Å². The van der Waals surface area contributed by atoms with Crippen LogP contribution in [0.25, 0.3) is 0 Å². The highest BCUT2D eigenvalue weighted by Crippen LogP contribution is 2.17. The minimum absolute atomic E-state index is 0.152. The molecule has 0 aliphatic carbocycles. The molecule has 0 spiro atoms. The third kappa shape index (κ3) is 4.72. The van der Waals surface area contributed by atoms with Crippen molar-refractivity contribution in [3.8, 4) is 0 Å². The van der Waals surface area contributed by atoms with Crippen molar-refractivity contribution < 1.29 is 5.11 Å². The van der Waals surface area contributed by atoms with Gasteiger partial charge in [-0.15, -0.1) is 0 Å². The van der Waals surface area contributed by atoms with Gasteiger partial charge in [0.15, 0.2) is 0 Å². The van der Waals surface area contributed by atoms with E-state index in [1.165, 1.54) is 16.7 Å². The molecule has 0 aromatic heterocycles. The summed E-state index contributed by atoms with van der Waals surface area (Å²) in [7, 11) is 0. The normalized spacial score (nSPS) is 12.8. The highest BCUT2D eigenvalue weighted by molar-refractivity contribution is 7.98. The summed E-state index contributed by atoms with van der Waals surface area (Å²) in [6.45, 7) is 6.27. The molecule has 1 nitrogen and oxygen atoms in total. The van der Waals surface area contributed by atoms with Crippen LogP contribution in [0.3, 0.4) is 0 Å². The van der Waals surface area contributed by atoms with Crippen LogP contribution in [0.2, 0.25) is 0 Å². The second kappa shape index (κ2) is 6.19. The standard InChI is InChI=1S/C13H20OS/c1-4-13(14)9-15-8-12-6-10(2)5-11(3)7-12/h5-7,13-14H,4,8-9H2,1-3H3. The highest BCUT2D eigenvalue weighted by atomic mass is 32.2. The maximum absolute atomic E-state index is 9.42. The van der Waals surface area contributed by atoms with Gasteiger partial charge in [-0.25, -0.2) is 0 Å². The van der Waals surface area contributed by atoms with Gasteiger partial charge in [0.05, 0.1) is 6.10 Å². The molecule has 1 unspecified atom stereocenters. The van der Waals surface area contributed by atoms with Gasteiger partial charge in [0, 0.05) is 11.5 Å². The lowest BCUT2D eigenvalue weighted by atomic mass is 10.1. The number of aliphatic hydroxyl groups excluding tert-OH is 1. The fraction of sp³-hybridized carbons (Fsp3) is 0.538. The largest absolute Gasteiger partial charge is 0.392 e. The number of hydrogen-bond acceptors (Lipinski definition) is 2. The van der Waals surface area contributed by atoms with Crippen molar-refractivity contribution in [2.45, 2.75) is 39.0 Å². The lowest BCUT2D eigenvalue weighted by Gasteiger charge is -2.08. The summed E-state index contributed by atoms with van der Waals surface area (Å²) < 4.78 is 0. The second-order valence-corrected chi connectivity index (χ2v) is 5.10. The van der Waals surface area contributed by atoms with Crippen LogP contribution >= 0.6 is 11.8 Å². The summed E-state index contributed by atoms with van der Waals surface area (Å²) in [5.74, 6) is 1.84. The van der Waals surface area contributed by atoms with E-state index in [0.29, 0.717) is 0 Å². The van der Waals surface area contributed by atoms with Crippen LogP contribution in [0.1, 0.15) is 30.0 Å². The first kappa shape index (κ1) is 12.6. The lowest BCUT2D eigenvalue weighted by Crippen LogP contribution is -2.07. The molecule has 0 aliphatic heterocycles. The van der Waals surface area contributed by atoms with Crippen LogP contribution in [-0.2, 0) is 5.75 Å². The smallest absolute Gasteiger partial charge is 0.0628 e. The van der Waals surface area contributed by atoms with Crippen LogP contribution in [0.5, 0.6) is 0 Å². The Morgan fingerprint density at radius 1 is 1.20 bits per heavy atom. The van der Waals surface area contributed by atoms with E-state index in [4.69, 9.17) is 0 Å². The minimum atomic E-state index is -0.152. The molecule has 1 aromatic carbocycles. The van der Waals surface area contributed by atoms with E-state index < -0.39 is 0 Å². The molecule has 2 heteroatoms. The number of rotatable bonds is 5. The van der Waals surface area contributed by atoms with Crippen molar-refractivity contribution in [2.75, 3.05) is 5.75 Å². The molecule has 0 amide bonds. The summed E-state index contributed by atoms with van der Waals surface area (Å²) >= 11 is 1.81. The molecule has 1 aromatic rings. The van der Waals surface area contributed by atoms with Gasteiger partial charge < -0.3 is 5.11 Å². The van der Waals surface area contributed by atoms with Crippen LogP contribution in [0.4, 0.5) is 0 Å². The van der Waals surface area contributed by atoms with Crippen molar-refractivity contribution in [1.29, 1.82) is 0 Å². The van der Waals surface area contributed by atoms with E-state index in [2.05, 4.69) is 32.0 Å². The van der Waals surface area contributed by atoms with Crippen molar-refractivity contribution in [1.82, 2.24) is 0 Å². The quantitative estimate of drug-likeness (QED) is 0.828. The summed E-state index contributed by atoms with van der Waals surface area (Å²) in [4.78, 5) is 0. The van der Waals surface area contributed by atoms with Gasteiger partial charge in [-0.2, -0.15) is 11.8 Å². The molecule has 1 N–H and O–H groups in total. The average molecular weight is 224 g/mol. The zero-order valence-corrected chi connectivity index (χ0v) is 10.6. The summed E-state index contributed by atoms with van der Waals surface area (Å²) in [5.41, 5.74) is 4.00. The third-order valence-electron chi connectivity index (χ3n) is 2.33. The van der Waals surface area contributed by atoms with Crippen molar-refractivity contribution in [3.05, 3.63) is 34.9 Å². The molecule has 1 atom stereocenters. The molecular formula is C13H20OS. The zero-order valence-electron chi connectivity index (χ0n) is 9.79. The number of hydrogen-bond donors (Lipinski definition) is 1. The number of aryl methyl sites for hydroxylation is 2. The SMILES string of the molecule is CCC(O)CSCc1cc(C)cc(C)c1. The molecule has 0 saturated carbocycles. The predicted octanol–water partition coefficient (Wildman–Crippen LogP) is 3.31. The second-order valence-electron chi connectivity index (χ2n) is 4.07. The predicted molar refractivity (Wildman–Crippen MR) is 68.4 cm³/mol. The molecular weight excluding hydrogens is 204 g/mol. The van der Waals surface area contributed by atoms with Crippen LogP contribution < -0.4 is 0 Å². The Hall–Kier alpha value is -0.470. The zero-order chi connectivity index (χ0) is 11.3. The molecule has 15 heavy (non-hydrogen) atoms.